The highest BCUT2D eigenvalue weighted by Crippen LogP contribution is 2.33. The van der Waals surface area contributed by atoms with E-state index in [1.165, 1.54) is 11.8 Å². The van der Waals surface area contributed by atoms with Crippen molar-refractivity contribution in [1.29, 1.82) is 0 Å². The molecule has 0 bridgehead atoms. The normalized spacial score (nSPS) is 15.2. The molecule has 4 rings (SSSR count). The quantitative estimate of drug-likeness (QED) is 0.368. The summed E-state index contributed by atoms with van der Waals surface area (Å²) in [7, 11) is 0. The van der Waals surface area contributed by atoms with Gasteiger partial charge in [-0.15, -0.1) is 0 Å². The molecular formula is C29H30N4O2S. The number of amidine groups is 1. The molecule has 0 aromatic heterocycles. The number of benzene rings is 3. The number of nitrogens with zero attached hydrogens (tertiary/aromatic N) is 1. The zero-order valence-electron chi connectivity index (χ0n) is 20.6. The Labute approximate surface area is 216 Å². The molecule has 0 aliphatic carbocycles. The number of hydrogen-bond acceptors (Lipinski definition) is 5. The molecule has 0 fully saturated rings. The van der Waals surface area contributed by atoms with E-state index >= 15 is 0 Å². The molecule has 1 aliphatic rings. The molecule has 2 amide bonds. The van der Waals surface area contributed by atoms with Gasteiger partial charge in [0.15, 0.2) is 5.17 Å². The summed E-state index contributed by atoms with van der Waals surface area (Å²) in [4.78, 5) is 30.9. The van der Waals surface area contributed by atoms with Gasteiger partial charge in [-0.25, -0.2) is 4.99 Å². The Hall–Kier alpha value is -3.84. The third-order valence-electron chi connectivity index (χ3n) is 5.81. The highest BCUT2D eigenvalue weighted by atomic mass is 32.2. The number of allylic oxidation sites excluding steroid dienone is 1. The van der Waals surface area contributed by atoms with E-state index in [2.05, 4.69) is 29.8 Å². The first-order valence-electron chi connectivity index (χ1n) is 11.9. The Balaban J connectivity index is 1.50. The van der Waals surface area contributed by atoms with Gasteiger partial charge in [-0.2, -0.15) is 0 Å². The predicted octanol–water partition coefficient (Wildman–Crippen LogP) is 6.09. The van der Waals surface area contributed by atoms with Crippen LogP contribution in [0, 0.1) is 0 Å². The SMILES string of the molecule is CC1=C(C(=O)Nc2ccccc2)[C@@H](c2ccccc2)N=C(SCC(=O)Nc2ccccc2C(C)C)N1. The third kappa shape index (κ3) is 6.23. The van der Waals surface area contributed by atoms with E-state index in [0.717, 1.165) is 22.5 Å². The maximum Gasteiger partial charge on any atom is 0.255 e. The van der Waals surface area contributed by atoms with E-state index < -0.39 is 6.04 Å². The van der Waals surface area contributed by atoms with E-state index in [0.29, 0.717) is 22.4 Å². The van der Waals surface area contributed by atoms with Gasteiger partial charge in [-0.05, 0) is 42.2 Å². The van der Waals surface area contributed by atoms with Crippen molar-refractivity contribution in [2.24, 2.45) is 4.99 Å². The summed E-state index contributed by atoms with van der Waals surface area (Å²) in [6, 6.07) is 26.4. The van der Waals surface area contributed by atoms with Crippen LogP contribution in [0.15, 0.2) is 101 Å². The van der Waals surface area contributed by atoms with Gasteiger partial charge < -0.3 is 16.0 Å². The van der Waals surface area contributed by atoms with Crippen molar-refractivity contribution in [3.05, 3.63) is 107 Å². The van der Waals surface area contributed by atoms with Gasteiger partial charge in [-0.1, -0.05) is 92.3 Å². The molecule has 7 heteroatoms. The number of anilines is 2. The Bertz CT molecular complexity index is 1290. The first-order chi connectivity index (χ1) is 17.4. The molecule has 3 aromatic rings. The van der Waals surface area contributed by atoms with E-state index in [1.54, 1.807) is 0 Å². The molecule has 1 heterocycles. The molecule has 0 saturated heterocycles. The lowest BCUT2D eigenvalue weighted by Gasteiger charge is -2.26. The van der Waals surface area contributed by atoms with Crippen molar-refractivity contribution in [3.63, 3.8) is 0 Å². The zero-order chi connectivity index (χ0) is 25.5. The average molecular weight is 499 g/mol. The number of carbonyl (C=O) groups is 2. The predicted molar refractivity (Wildman–Crippen MR) is 149 cm³/mol. The second-order valence-electron chi connectivity index (χ2n) is 8.81. The van der Waals surface area contributed by atoms with Gasteiger partial charge in [0, 0.05) is 17.1 Å². The molecule has 0 radical (unpaired) electrons. The summed E-state index contributed by atoms with van der Waals surface area (Å²) in [5, 5.41) is 9.83. The largest absolute Gasteiger partial charge is 0.338 e. The minimum Gasteiger partial charge on any atom is -0.338 e. The van der Waals surface area contributed by atoms with Gasteiger partial charge in [0.25, 0.3) is 5.91 Å². The van der Waals surface area contributed by atoms with E-state index in [-0.39, 0.29) is 17.6 Å². The minimum absolute atomic E-state index is 0.108. The van der Waals surface area contributed by atoms with Crippen molar-refractivity contribution < 1.29 is 9.59 Å². The number of aliphatic imine (C=N–C) groups is 1. The maximum atomic E-state index is 13.3. The molecule has 6 nitrogen and oxygen atoms in total. The van der Waals surface area contributed by atoms with Crippen molar-refractivity contribution >= 4 is 40.1 Å². The Morgan fingerprint density at radius 1 is 0.917 bits per heavy atom. The van der Waals surface area contributed by atoms with Crippen LogP contribution in [0.2, 0.25) is 0 Å². The second-order valence-corrected chi connectivity index (χ2v) is 9.77. The van der Waals surface area contributed by atoms with Crippen LogP contribution in [0.1, 0.15) is 43.9 Å². The topological polar surface area (TPSA) is 82.6 Å². The second kappa shape index (κ2) is 11.7. The first kappa shape index (κ1) is 25.3. The summed E-state index contributed by atoms with van der Waals surface area (Å²) in [5.41, 5.74) is 4.81. The van der Waals surface area contributed by atoms with Gasteiger partial charge in [-0.3, -0.25) is 9.59 Å². The smallest absolute Gasteiger partial charge is 0.255 e. The lowest BCUT2D eigenvalue weighted by molar-refractivity contribution is -0.114. The number of nitrogens with one attached hydrogen (secondary N) is 3. The molecule has 1 aliphatic heterocycles. The molecule has 1 atom stereocenters. The standard InChI is InChI=1S/C29H30N4O2S/c1-19(2)23-16-10-11-17-24(23)32-25(34)18-36-29-30-20(3)26(27(33-29)21-12-6-4-7-13-21)28(35)31-22-14-8-5-9-15-22/h4-17,19,27H,18H2,1-3H3,(H,30,33)(H,31,35)(H,32,34)/t27-/m1/s1. The third-order valence-corrected chi connectivity index (χ3v) is 6.69. The molecule has 0 unspecified atom stereocenters. The molecular weight excluding hydrogens is 468 g/mol. The van der Waals surface area contributed by atoms with Crippen molar-refractivity contribution in [2.45, 2.75) is 32.7 Å². The average Bonchev–Trinajstić information content (AvgIpc) is 2.88. The summed E-state index contributed by atoms with van der Waals surface area (Å²) >= 11 is 1.32. The van der Waals surface area contributed by atoms with E-state index in [4.69, 9.17) is 4.99 Å². The fourth-order valence-corrected chi connectivity index (χ4v) is 4.79. The molecule has 3 aromatic carbocycles. The van der Waals surface area contributed by atoms with Gasteiger partial charge in [0.05, 0.1) is 11.3 Å². The van der Waals surface area contributed by atoms with Crippen LogP contribution in [-0.4, -0.2) is 22.7 Å². The summed E-state index contributed by atoms with van der Waals surface area (Å²) < 4.78 is 0. The molecule has 3 N–H and O–H groups in total. The molecule has 0 spiro atoms. The van der Waals surface area contributed by atoms with Crippen LogP contribution < -0.4 is 16.0 Å². The van der Waals surface area contributed by atoms with Crippen LogP contribution in [0.5, 0.6) is 0 Å². The fourth-order valence-electron chi connectivity index (χ4n) is 4.05. The number of thioether (sulfide) groups is 1. The van der Waals surface area contributed by atoms with Gasteiger partial charge in [0.1, 0.15) is 6.04 Å². The Morgan fingerprint density at radius 2 is 1.56 bits per heavy atom. The molecule has 0 saturated carbocycles. The van der Waals surface area contributed by atoms with Gasteiger partial charge >= 0.3 is 0 Å². The minimum atomic E-state index is -0.483. The number of hydrogen-bond donors (Lipinski definition) is 3. The fraction of sp³-hybridized carbons (Fsp3) is 0.207. The lowest BCUT2D eigenvalue weighted by Crippen LogP contribution is -2.32. The van der Waals surface area contributed by atoms with Crippen LogP contribution in [0.25, 0.3) is 0 Å². The van der Waals surface area contributed by atoms with Crippen molar-refractivity contribution in [2.75, 3.05) is 16.4 Å². The van der Waals surface area contributed by atoms with E-state index in [9.17, 15) is 9.59 Å². The Morgan fingerprint density at radius 3 is 2.25 bits per heavy atom. The summed E-state index contributed by atoms with van der Waals surface area (Å²) in [5.74, 6) is 0.177. The van der Waals surface area contributed by atoms with Crippen molar-refractivity contribution in [3.8, 4) is 0 Å². The highest BCUT2D eigenvalue weighted by molar-refractivity contribution is 8.14. The molecule has 36 heavy (non-hydrogen) atoms. The summed E-state index contributed by atoms with van der Waals surface area (Å²) in [6.45, 7) is 6.07. The first-order valence-corrected chi connectivity index (χ1v) is 12.9. The van der Waals surface area contributed by atoms with Crippen LogP contribution in [-0.2, 0) is 9.59 Å². The van der Waals surface area contributed by atoms with Gasteiger partial charge in [0.2, 0.25) is 5.91 Å². The van der Waals surface area contributed by atoms with E-state index in [1.807, 2.05) is 91.9 Å². The number of para-hydroxylation sites is 2. The Kier molecular flexibility index (Phi) is 8.23. The monoisotopic (exact) mass is 498 g/mol. The summed E-state index contributed by atoms with van der Waals surface area (Å²) in [6.07, 6.45) is 0. The lowest BCUT2D eigenvalue weighted by atomic mass is 9.96. The van der Waals surface area contributed by atoms with Crippen LogP contribution in [0.3, 0.4) is 0 Å². The number of rotatable bonds is 7. The zero-order valence-corrected chi connectivity index (χ0v) is 21.4. The van der Waals surface area contributed by atoms with Crippen LogP contribution >= 0.6 is 11.8 Å². The maximum absolute atomic E-state index is 13.3. The van der Waals surface area contributed by atoms with Crippen molar-refractivity contribution in [1.82, 2.24) is 5.32 Å². The molecule has 184 valence electrons. The number of carbonyl (C=O) groups excluding carboxylic acids is 2. The highest BCUT2D eigenvalue weighted by Gasteiger charge is 2.29. The number of amides is 2. The van der Waals surface area contributed by atoms with Crippen LogP contribution in [0.4, 0.5) is 11.4 Å².